The standard InChI is InChI=1S/C13H15N3O2/c1-3-9-7-14-16-12(9)15-13(18)10-6-4-5-8(2)11(10)17/h4-7,17H,3H2,1-2H3,(H2,14,15,16,18). The topological polar surface area (TPSA) is 78.0 Å². The number of rotatable bonds is 3. The number of amides is 1. The van der Waals surface area contributed by atoms with Crippen molar-refractivity contribution in [3.8, 4) is 5.75 Å². The summed E-state index contributed by atoms with van der Waals surface area (Å²) in [5.41, 5.74) is 1.85. The van der Waals surface area contributed by atoms with Gasteiger partial charge in [0, 0.05) is 5.56 Å². The maximum Gasteiger partial charge on any atom is 0.260 e. The van der Waals surface area contributed by atoms with Crippen LogP contribution in [0.4, 0.5) is 5.82 Å². The van der Waals surface area contributed by atoms with Gasteiger partial charge in [-0.1, -0.05) is 19.1 Å². The normalized spacial score (nSPS) is 10.3. The molecule has 3 N–H and O–H groups in total. The van der Waals surface area contributed by atoms with Gasteiger partial charge < -0.3 is 10.4 Å². The number of nitrogens with zero attached hydrogens (tertiary/aromatic N) is 1. The van der Waals surface area contributed by atoms with Crippen molar-refractivity contribution < 1.29 is 9.90 Å². The van der Waals surface area contributed by atoms with Gasteiger partial charge in [-0.15, -0.1) is 0 Å². The minimum Gasteiger partial charge on any atom is -0.507 e. The molecular weight excluding hydrogens is 230 g/mol. The van der Waals surface area contributed by atoms with E-state index in [0.29, 0.717) is 11.4 Å². The number of benzene rings is 1. The van der Waals surface area contributed by atoms with Crippen molar-refractivity contribution in [2.24, 2.45) is 0 Å². The maximum absolute atomic E-state index is 12.0. The van der Waals surface area contributed by atoms with E-state index in [1.54, 1.807) is 31.3 Å². The quantitative estimate of drug-likeness (QED) is 0.776. The molecule has 0 saturated heterocycles. The van der Waals surface area contributed by atoms with Crippen molar-refractivity contribution in [2.75, 3.05) is 5.32 Å². The van der Waals surface area contributed by atoms with Gasteiger partial charge in [0.1, 0.15) is 11.6 Å². The van der Waals surface area contributed by atoms with E-state index < -0.39 is 0 Å². The highest BCUT2D eigenvalue weighted by molar-refractivity contribution is 6.06. The molecular formula is C13H15N3O2. The van der Waals surface area contributed by atoms with Gasteiger partial charge in [-0.2, -0.15) is 5.10 Å². The number of aromatic nitrogens is 2. The minimum absolute atomic E-state index is 0.00700. The van der Waals surface area contributed by atoms with E-state index in [2.05, 4.69) is 15.5 Å². The van der Waals surface area contributed by atoms with Crippen molar-refractivity contribution >= 4 is 11.7 Å². The van der Waals surface area contributed by atoms with E-state index in [9.17, 15) is 9.90 Å². The Kier molecular flexibility index (Phi) is 3.32. The number of para-hydroxylation sites is 1. The number of carbonyl (C=O) groups excluding carboxylic acids is 1. The largest absolute Gasteiger partial charge is 0.507 e. The summed E-state index contributed by atoms with van der Waals surface area (Å²) in [4.78, 5) is 12.0. The first kappa shape index (κ1) is 12.2. The van der Waals surface area contributed by atoms with Crippen molar-refractivity contribution in [3.63, 3.8) is 0 Å². The van der Waals surface area contributed by atoms with Crippen LogP contribution in [0.15, 0.2) is 24.4 Å². The lowest BCUT2D eigenvalue weighted by Gasteiger charge is -2.07. The third kappa shape index (κ3) is 2.20. The first-order valence-corrected chi connectivity index (χ1v) is 5.75. The molecule has 18 heavy (non-hydrogen) atoms. The zero-order valence-electron chi connectivity index (χ0n) is 10.3. The van der Waals surface area contributed by atoms with Crippen molar-refractivity contribution in [3.05, 3.63) is 41.1 Å². The zero-order chi connectivity index (χ0) is 13.1. The van der Waals surface area contributed by atoms with Crippen LogP contribution in [-0.4, -0.2) is 21.2 Å². The van der Waals surface area contributed by atoms with Crippen LogP contribution in [0, 0.1) is 6.92 Å². The van der Waals surface area contributed by atoms with Gasteiger partial charge in [0.2, 0.25) is 0 Å². The van der Waals surface area contributed by atoms with E-state index in [-0.39, 0.29) is 17.2 Å². The number of aryl methyl sites for hydroxylation is 2. The Balaban J connectivity index is 2.25. The molecule has 0 aliphatic carbocycles. The fourth-order valence-corrected chi connectivity index (χ4v) is 1.71. The van der Waals surface area contributed by atoms with Crippen LogP contribution in [0.1, 0.15) is 28.4 Å². The number of aromatic hydroxyl groups is 1. The highest BCUT2D eigenvalue weighted by Gasteiger charge is 2.14. The SMILES string of the molecule is CCc1cn[nH]c1NC(=O)c1cccc(C)c1O. The molecule has 0 atom stereocenters. The van der Waals surface area contributed by atoms with Gasteiger partial charge in [-0.25, -0.2) is 0 Å². The molecule has 1 aromatic carbocycles. The zero-order valence-corrected chi connectivity index (χ0v) is 10.3. The number of hydrogen-bond acceptors (Lipinski definition) is 3. The summed E-state index contributed by atoms with van der Waals surface area (Å²) in [5.74, 6) is 0.228. The third-order valence-electron chi connectivity index (χ3n) is 2.82. The predicted molar refractivity (Wildman–Crippen MR) is 68.8 cm³/mol. The summed E-state index contributed by atoms with van der Waals surface area (Å²) in [6, 6.07) is 5.07. The molecule has 2 aromatic rings. The fourth-order valence-electron chi connectivity index (χ4n) is 1.71. The van der Waals surface area contributed by atoms with Crippen molar-refractivity contribution in [1.29, 1.82) is 0 Å². The maximum atomic E-state index is 12.0. The lowest BCUT2D eigenvalue weighted by molar-refractivity contribution is 0.102. The van der Waals surface area contributed by atoms with Gasteiger partial charge in [0.15, 0.2) is 0 Å². The number of H-pyrrole nitrogens is 1. The molecule has 0 fully saturated rings. The molecule has 0 unspecified atom stereocenters. The second-order valence-corrected chi connectivity index (χ2v) is 4.05. The van der Waals surface area contributed by atoms with Crippen LogP contribution in [0.5, 0.6) is 5.75 Å². The number of carbonyl (C=O) groups is 1. The van der Waals surface area contributed by atoms with Crippen LogP contribution in [0.3, 0.4) is 0 Å². The van der Waals surface area contributed by atoms with E-state index in [1.807, 2.05) is 6.92 Å². The monoisotopic (exact) mass is 245 g/mol. The second kappa shape index (κ2) is 4.91. The lowest BCUT2D eigenvalue weighted by atomic mass is 10.1. The van der Waals surface area contributed by atoms with Gasteiger partial charge in [-0.05, 0) is 25.0 Å². The first-order chi connectivity index (χ1) is 8.63. The number of aromatic amines is 1. The highest BCUT2D eigenvalue weighted by atomic mass is 16.3. The minimum atomic E-state index is -0.352. The summed E-state index contributed by atoms with van der Waals surface area (Å²) in [7, 11) is 0. The van der Waals surface area contributed by atoms with Gasteiger partial charge >= 0.3 is 0 Å². The van der Waals surface area contributed by atoms with Crippen LogP contribution >= 0.6 is 0 Å². The molecule has 94 valence electrons. The van der Waals surface area contributed by atoms with Crippen LogP contribution < -0.4 is 5.32 Å². The van der Waals surface area contributed by atoms with Crippen LogP contribution in [-0.2, 0) is 6.42 Å². The fraction of sp³-hybridized carbons (Fsp3) is 0.231. The van der Waals surface area contributed by atoms with E-state index >= 15 is 0 Å². The molecule has 1 heterocycles. The Morgan fingerprint density at radius 1 is 1.50 bits per heavy atom. The van der Waals surface area contributed by atoms with Crippen LogP contribution in [0.25, 0.3) is 0 Å². The third-order valence-corrected chi connectivity index (χ3v) is 2.82. The van der Waals surface area contributed by atoms with Gasteiger partial charge in [0.25, 0.3) is 5.91 Å². The summed E-state index contributed by atoms with van der Waals surface area (Å²) < 4.78 is 0. The Morgan fingerprint density at radius 2 is 2.28 bits per heavy atom. The molecule has 5 nitrogen and oxygen atoms in total. The summed E-state index contributed by atoms with van der Waals surface area (Å²) in [6.45, 7) is 3.73. The molecule has 0 aliphatic heterocycles. The molecule has 5 heteroatoms. The summed E-state index contributed by atoms with van der Waals surface area (Å²) in [6.07, 6.45) is 2.44. The summed E-state index contributed by atoms with van der Waals surface area (Å²) in [5, 5.41) is 19.2. The Hall–Kier alpha value is -2.30. The molecule has 1 aromatic heterocycles. The average Bonchev–Trinajstić information content (AvgIpc) is 2.79. The molecule has 0 radical (unpaired) electrons. The molecule has 0 bridgehead atoms. The molecule has 2 rings (SSSR count). The molecule has 0 aliphatic rings. The number of phenolic OH excluding ortho intramolecular Hbond substituents is 1. The number of anilines is 1. The smallest absolute Gasteiger partial charge is 0.260 e. The molecule has 0 spiro atoms. The first-order valence-electron chi connectivity index (χ1n) is 5.75. The number of phenols is 1. The van der Waals surface area contributed by atoms with Gasteiger partial charge in [-0.3, -0.25) is 9.89 Å². The lowest BCUT2D eigenvalue weighted by Crippen LogP contribution is -2.13. The van der Waals surface area contributed by atoms with Crippen LogP contribution in [0.2, 0.25) is 0 Å². The second-order valence-electron chi connectivity index (χ2n) is 4.05. The highest BCUT2D eigenvalue weighted by Crippen LogP contribution is 2.22. The van der Waals surface area contributed by atoms with Crippen molar-refractivity contribution in [1.82, 2.24) is 10.2 Å². The molecule has 1 amide bonds. The van der Waals surface area contributed by atoms with Crippen molar-refractivity contribution in [2.45, 2.75) is 20.3 Å². The van der Waals surface area contributed by atoms with E-state index in [1.165, 1.54) is 0 Å². The number of nitrogens with one attached hydrogen (secondary N) is 2. The van der Waals surface area contributed by atoms with E-state index in [4.69, 9.17) is 0 Å². The Morgan fingerprint density at radius 3 is 3.00 bits per heavy atom. The van der Waals surface area contributed by atoms with Gasteiger partial charge in [0.05, 0.1) is 11.8 Å². The Bertz CT molecular complexity index is 575. The Labute approximate surface area is 105 Å². The number of hydrogen-bond donors (Lipinski definition) is 3. The van der Waals surface area contributed by atoms with E-state index in [0.717, 1.165) is 12.0 Å². The molecule has 0 saturated carbocycles. The predicted octanol–water partition coefficient (Wildman–Crippen LogP) is 2.24. The average molecular weight is 245 g/mol. The summed E-state index contributed by atoms with van der Waals surface area (Å²) >= 11 is 0.